The number of aryl methyl sites for hydroxylation is 1. The molecule has 1 atom stereocenters. The van der Waals surface area contributed by atoms with E-state index in [0.29, 0.717) is 16.2 Å². The number of imide groups is 2. The fourth-order valence-electron chi connectivity index (χ4n) is 5.15. The monoisotopic (exact) mass is 497 g/mol. The number of fused-ring (bicyclic) bond motifs is 2. The molecule has 0 aliphatic carbocycles. The summed E-state index contributed by atoms with van der Waals surface area (Å²) in [4.78, 5) is 58.3. The van der Waals surface area contributed by atoms with E-state index in [-0.39, 0.29) is 33.6 Å². The molecule has 10 nitrogen and oxygen atoms in total. The number of hydrogen-bond donors (Lipinski definition) is 1. The molecule has 10 heteroatoms. The summed E-state index contributed by atoms with van der Waals surface area (Å²) in [6.07, 6.45) is -1.14. The lowest BCUT2D eigenvalue weighted by atomic mass is 9.82. The first-order chi connectivity index (χ1) is 16.5. The maximum absolute atomic E-state index is 13.7. The molecule has 1 unspecified atom stereocenters. The molecule has 1 saturated heterocycles. The number of nitrogens with zero attached hydrogens (tertiary/aromatic N) is 3. The van der Waals surface area contributed by atoms with Crippen LogP contribution < -0.4 is 5.43 Å². The van der Waals surface area contributed by atoms with Gasteiger partial charge in [-0.25, -0.2) is 9.79 Å². The summed E-state index contributed by atoms with van der Waals surface area (Å²) >= 11 is 0. The van der Waals surface area contributed by atoms with Crippen molar-refractivity contribution in [3.63, 3.8) is 0 Å². The van der Waals surface area contributed by atoms with Crippen molar-refractivity contribution in [2.75, 3.05) is 14.1 Å². The molecule has 1 N–H and O–H groups in total. The van der Waals surface area contributed by atoms with Gasteiger partial charge in [-0.05, 0) is 44.7 Å². The lowest BCUT2D eigenvalue weighted by Gasteiger charge is -2.40. The van der Waals surface area contributed by atoms with Crippen molar-refractivity contribution in [1.82, 2.24) is 9.80 Å². The van der Waals surface area contributed by atoms with Crippen LogP contribution in [0.5, 0.6) is 0 Å². The Morgan fingerprint density at radius 2 is 1.61 bits per heavy atom. The minimum Gasteiger partial charge on any atom is -0.462 e. The molecule has 2 aliphatic heterocycles. The smallest absolute Gasteiger partial charge is 0.333 e. The molecule has 0 bridgehead atoms. The van der Waals surface area contributed by atoms with Gasteiger partial charge in [-0.2, -0.15) is 0 Å². The number of hydrogen-bond acceptors (Lipinski definition) is 8. The summed E-state index contributed by atoms with van der Waals surface area (Å²) in [6, 6.07) is 4.13. The van der Waals surface area contributed by atoms with Crippen LogP contribution >= 0.6 is 0 Å². The molecule has 1 aromatic carbocycles. The molecule has 1 aromatic heterocycles. The van der Waals surface area contributed by atoms with Crippen molar-refractivity contribution in [2.24, 2.45) is 10.4 Å². The highest BCUT2D eigenvalue weighted by atomic mass is 16.5. The lowest BCUT2D eigenvalue weighted by molar-refractivity contribution is -0.179. The van der Waals surface area contributed by atoms with Crippen molar-refractivity contribution < 1.29 is 28.6 Å². The number of carbonyl (C=O) groups excluding carboxylic acids is 3. The number of rotatable bonds is 3. The summed E-state index contributed by atoms with van der Waals surface area (Å²) in [6.45, 7) is 11.7. The quantitative estimate of drug-likeness (QED) is 0.646. The van der Waals surface area contributed by atoms with Gasteiger partial charge < -0.3 is 14.3 Å². The molecule has 4 rings (SSSR count). The molecule has 192 valence electrons. The number of aliphatic imine (C=N–C) groups is 1. The molecule has 36 heavy (non-hydrogen) atoms. The standard InChI is InChI=1S/C26H31N3O7/c1-13-9-10-15-14(11-13)17(30)16-18(35-15)20(27-25(5,6)12-24(2,3)4)36-19(16)26(34)21(31)28(7)23(33)29(8)22(26)32/h9-11,19,34H,12H2,1-8H3. The Morgan fingerprint density at radius 1 is 1.03 bits per heavy atom. The summed E-state index contributed by atoms with van der Waals surface area (Å²) in [5, 5.41) is 11.8. The van der Waals surface area contributed by atoms with Crippen molar-refractivity contribution in [3.05, 3.63) is 45.3 Å². The molecule has 2 aromatic rings. The summed E-state index contributed by atoms with van der Waals surface area (Å²) < 4.78 is 12.0. The van der Waals surface area contributed by atoms with Crippen LogP contribution in [-0.4, -0.2) is 63.9 Å². The molecule has 0 saturated carbocycles. The van der Waals surface area contributed by atoms with Crippen LogP contribution in [0.4, 0.5) is 4.79 Å². The number of urea groups is 1. The van der Waals surface area contributed by atoms with Crippen molar-refractivity contribution in [1.29, 1.82) is 0 Å². The van der Waals surface area contributed by atoms with Crippen LogP contribution in [0.15, 0.2) is 32.4 Å². The molecular formula is C26H31N3O7. The SMILES string of the molecule is Cc1ccc2oc3c(c(=O)c2c1)C(C1(O)C(=O)N(C)C(=O)N(C)C1=O)OC3=NC(C)(C)CC(C)(C)C. The molecule has 0 radical (unpaired) electrons. The van der Waals surface area contributed by atoms with Crippen molar-refractivity contribution >= 4 is 34.7 Å². The molecule has 2 aliphatic rings. The van der Waals surface area contributed by atoms with E-state index in [1.54, 1.807) is 25.1 Å². The maximum atomic E-state index is 13.7. The van der Waals surface area contributed by atoms with Gasteiger partial charge in [0.05, 0.1) is 16.5 Å². The molecule has 3 heterocycles. The van der Waals surface area contributed by atoms with E-state index in [9.17, 15) is 24.3 Å². The van der Waals surface area contributed by atoms with E-state index in [4.69, 9.17) is 14.1 Å². The van der Waals surface area contributed by atoms with Gasteiger partial charge in [0.25, 0.3) is 23.3 Å². The highest BCUT2D eigenvalue weighted by Gasteiger charge is 2.64. The molecular weight excluding hydrogens is 466 g/mol. The second-order valence-corrected chi connectivity index (χ2v) is 11.4. The third-order valence-electron chi connectivity index (χ3n) is 6.35. The predicted octanol–water partition coefficient (Wildman–Crippen LogP) is 2.92. The highest BCUT2D eigenvalue weighted by molar-refractivity contribution is 6.22. The topological polar surface area (TPSA) is 130 Å². The molecule has 1 fully saturated rings. The Bertz CT molecular complexity index is 1370. The number of ether oxygens (including phenoxy) is 1. The van der Waals surface area contributed by atoms with Crippen LogP contribution in [0.25, 0.3) is 11.0 Å². The van der Waals surface area contributed by atoms with Gasteiger partial charge in [-0.3, -0.25) is 24.2 Å². The zero-order chi connectivity index (χ0) is 27.0. The minimum atomic E-state index is -2.89. The number of likely N-dealkylation sites (N-methyl/N-ethyl adjacent to an activating group) is 2. The zero-order valence-corrected chi connectivity index (χ0v) is 21.8. The Morgan fingerprint density at radius 3 is 2.17 bits per heavy atom. The van der Waals surface area contributed by atoms with Gasteiger partial charge in [0.1, 0.15) is 5.58 Å². The minimum absolute atomic E-state index is 0.0560. The Labute approximate surface area is 208 Å². The second kappa shape index (κ2) is 7.99. The number of aliphatic hydroxyl groups is 1. The first-order valence-corrected chi connectivity index (χ1v) is 11.6. The fourth-order valence-corrected chi connectivity index (χ4v) is 5.15. The lowest BCUT2D eigenvalue weighted by Crippen LogP contribution is -2.69. The van der Waals surface area contributed by atoms with Crippen LogP contribution in [0.3, 0.4) is 0 Å². The van der Waals surface area contributed by atoms with Crippen LogP contribution in [0, 0.1) is 12.3 Å². The summed E-state index contributed by atoms with van der Waals surface area (Å²) in [5.41, 5.74) is -3.37. The first-order valence-electron chi connectivity index (χ1n) is 11.6. The van der Waals surface area contributed by atoms with Gasteiger partial charge in [0.2, 0.25) is 5.43 Å². The zero-order valence-electron chi connectivity index (χ0n) is 21.8. The van der Waals surface area contributed by atoms with E-state index in [1.807, 2.05) is 13.8 Å². The van der Waals surface area contributed by atoms with E-state index in [0.717, 1.165) is 19.7 Å². The summed E-state index contributed by atoms with van der Waals surface area (Å²) in [5.74, 6) is -2.56. The number of benzene rings is 1. The second-order valence-electron chi connectivity index (χ2n) is 11.4. The fraction of sp³-hybridized carbons (Fsp3) is 0.500. The maximum Gasteiger partial charge on any atom is 0.333 e. The number of barbiturate groups is 1. The molecule has 4 amide bonds. The van der Waals surface area contributed by atoms with Gasteiger partial charge in [-0.1, -0.05) is 32.4 Å². The largest absolute Gasteiger partial charge is 0.462 e. The van der Waals surface area contributed by atoms with Gasteiger partial charge in [-0.15, -0.1) is 0 Å². The van der Waals surface area contributed by atoms with E-state index >= 15 is 0 Å². The van der Waals surface area contributed by atoms with Gasteiger partial charge in [0, 0.05) is 14.1 Å². The van der Waals surface area contributed by atoms with Crippen LogP contribution in [0.2, 0.25) is 0 Å². The Kier molecular flexibility index (Phi) is 5.67. The van der Waals surface area contributed by atoms with Crippen molar-refractivity contribution in [2.45, 2.75) is 65.2 Å². The average Bonchev–Trinajstić information content (AvgIpc) is 3.12. The average molecular weight is 498 g/mol. The predicted molar refractivity (Wildman–Crippen MR) is 132 cm³/mol. The van der Waals surface area contributed by atoms with E-state index in [2.05, 4.69) is 20.8 Å². The molecule has 0 spiro atoms. The van der Waals surface area contributed by atoms with E-state index < -0.39 is 40.5 Å². The van der Waals surface area contributed by atoms with Gasteiger partial charge >= 0.3 is 6.03 Å². The normalized spacial score (nSPS) is 21.4. The third-order valence-corrected chi connectivity index (χ3v) is 6.35. The number of carbonyl (C=O) groups is 3. The van der Waals surface area contributed by atoms with Crippen LogP contribution in [0.1, 0.15) is 64.0 Å². The Balaban J connectivity index is 1.99. The summed E-state index contributed by atoms with van der Waals surface area (Å²) in [7, 11) is 2.28. The van der Waals surface area contributed by atoms with Crippen LogP contribution in [-0.2, 0) is 14.3 Å². The number of amides is 4. The van der Waals surface area contributed by atoms with Crippen molar-refractivity contribution in [3.8, 4) is 0 Å². The highest BCUT2D eigenvalue weighted by Crippen LogP contribution is 2.43. The van der Waals surface area contributed by atoms with E-state index in [1.165, 1.54) is 0 Å². The third kappa shape index (κ3) is 3.89. The van der Waals surface area contributed by atoms with Gasteiger partial charge in [0.15, 0.2) is 11.9 Å². The Hall–Kier alpha value is -3.53. The first kappa shape index (κ1) is 25.6.